The summed E-state index contributed by atoms with van der Waals surface area (Å²) in [7, 11) is 3.14. The van der Waals surface area contributed by atoms with Crippen LogP contribution in [0.2, 0.25) is 0 Å². The molecule has 0 aliphatic rings. The Labute approximate surface area is 213 Å². The molecular weight excluding hydrogens is 506 g/mol. The number of aromatic nitrogens is 4. The number of aromatic amines is 2. The molecule has 0 amide bonds. The second-order valence-corrected chi connectivity index (χ2v) is 7.79. The molecule has 0 unspecified atom stereocenters. The van der Waals surface area contributed by atoms with Gasteiger partial charge in [-0.05, 0) is 78.1 Å². The van der Waals surface area contributed by atoms with Crippen molar-refractivity contribution in [2.45, 2.75) is 0 Å². The number of nitrogen functional groups attached to an aromatic ring is 2. The van der Waals surface area contributed by atoms with Gasteiger partial charge in [-0.2, -0.15) is 0 Å². The zero-order chi connectivity index (χ0) is 26.4. The lowest BCUT2D eigenvalue weighted by Gasteiger charge is -2.11. The second-order valence-electron chi connectivity index (χ2n) is 7.01. The third-order valence-electron chi connectivity index (χ3n) is 4.85. The van der Waals surface area contributed by atoms with Gasteiger partial charge < -0.3 is 20.9 Å². The molecular formula is C22H21N7O5S2. The summed E-state index contributed by atoms with van der Waals surface area (Å²) in [6, 6.07) is 15.3. The minimum absolute atomic E-state index is 0.0834. The summed E-state index contributed by atoms with van der Waals surface area (Å²) < 4.78 is 13.4. The molecule has 0 aliphatic heterocycles. The highest BCUT2D eigenvalue weighted by Crippen LogP contribution is 2.22. The minimum atomic E-state index is -0.706. The van der Waals surface area contributed by atoms with Gasteiger partial charge in [-0.25, -0.2) is 0 Å². The van der Waals surface area contributed by atoms with Gasteiger partial charge >= 0.3 is 0 Å². The summed E-state index contributed by atoms with van der Waals surface area (Å²) in [6.45, 7) is 0. The van der Waals surface area contributed by atoms with E-state index in [2.05, 4.69) is 15.1 Å². The van der Waals surface area contributed by atoms with E-state index in [1.54, 1.807) is 55.2 Å². The van der Waals surface area contributed by atoms with E-state index >= 15 is 0 Å². The fourth-order valence-electron chi connectivity index (χ4n) is 3.13. The predicted molar refractivity (Wildman–Crippen MR) is 142 cm³/mol. The van der Waals surface area contributed by atoms with Gasteiger partial charge in [0, 0.05) is 6.07 Å². The molecule has 4 rings (SSSR count). The first-order chi connectivity index (χ1) is 17.2. The average molecular weight is 528 g/mol. The molecule has 2 aromatic carbocycles. The number of nitrogens with zero attached hydrogens (tertiary/aromatic N) is 3. The van der Waals surface area contributed by atoms with E-state index in [-0.39, 0.29) is 20.9 Å². The summed E-state index contributed by atoms with van der Waals surface area (Å²) in [6.07, 6.45) is 0. The maximum absolute atomic E-state index is 11.4. The Kier molecular flexibility index (Phi) is 8.14. The molecule has 0 saturated heterocycles. The smallest absolute Gasteiger partial charge is 0.283 e. The molecule has 2 heterocycles. The molecule has 0 bridgehead atoms. The number of nitroso groups, excluding NO2 is 1. The molecule has 0 saturated carbocycles. The first-order valence-electron chi connectivity index (χ1n) is 10.1. The highest BCUT2D eigenvalue weighted by Gasteiger charge is 2.12. The Morgan fingerprint density at radius 1 is 0.806 bits per heavy atom. The fraction of sp³-hybridized carbons (Fsp3) is 0.0909. The topological polar surface area (TPSA) is 176 Å². The molecule has 14 heteroatoms. The number of ether oxygens (including phenoxy) is 2. The van der Waals surface area contributed by atoms with E-state index in [0.717, 1.165) is 11.4 Å². The quantitative estimate of drug-likeness (QED) is 0.224. The van der Waals surface area contributed by atoms with Crippen LogP contribution in [-0.2, 0) is 0 Å². The van der Waals surface area contributed by atoms with Crippen LogP contribution in [-0.4, -0.2) is 33.3 Å². The molecule has 6 N–H and O–H groups in total. The summed E-state index contributed by atoms with van der Waals surface area (Å²) >= 11 is 10.1. The first kappa shape index (κ1) is 26.1. The number of nitrogens with two attached hydrogens (primary N) is 2. The lowest BCUT2D eigenvalue weighted by Crippen LogP contribution is -2.16. The molecule has 0 atom stereocenters. The van der Waals surface area contributed by atoms with Crippen LogP contribution >= 0.6 is 24.4 Å². The van der Waals surface area contributed by atoms with E-state index in [0.29, 0.717) is 17.3 Å². The molecule has 12 nitrogen and oxygen atoms in total. The number of H-pyrrole nitrogens is 2. The van der Waals surface area contributed by atoms with Gasteiger partial charge in [0.05, 0.1) is 25.6 Å². The Morgan fingerprint density at radius 3 is 1.72 bits per heavy atom. The van der Waals surface area contributed by atoms with Gasteiger partial charge in [-0.1, -0.05) is 0 Å². The third-order valence-corrected chi connectivity index (χ3v) is 5.41. The number of benzene rings is 2. The lowest BCUT2D eigenvalue weighted by molar-refractivity contribution is 0.414. The zero-order valence-electron chi connectivity index (χ0n) is 19.1. The first-order valence-corrected chi connectivity index (χ1v) is 10.9. The van der Waals surface area contributed by atoms with Crippen molar-refractivity contribution in [3.8, 4) is 22.9 Å². The average Bonchev–Trinajstić information content (AvgIpc) is 2.85. The Balaban J connectivity index is 0.000000202. The Morgan fingerprint density at radius 2 is 1.28 bits per heavy atom. The van der Waals surface area contributed by atoms with E-state index in [1.807, 2.05) is 12.1 Å². The third kappa shape index (κ3) is 5.56. The number of hydrogen-bond acceptors (Lipinski definition) is 10. The van der Waals surface area contributed by atoms with E-state index < -0.39 is 11.2 Å². The van der Waals surface area contributed by atoms with Crippen molar-refractivity contribution in [1.29, 1.82) is 0 Å². The van der Waals surface area contributed by atoms with Crippen molar-refractivity contribution in [3.63, 3.8) is 0 Å². The Bertz CT molecular complexity index is 1620. The van der Waals surface area contributed by atoms with Crippen LogP contribution in [0.1, 0.15) is 0 Å². The molecule has 0 spiro atoms. The van der Waals surface area contributed by atoms with Gasteiger partial charge in [0.25, 0.3) is 11.1 Å². The van der Waals surface area contributed by atoms with Crippen molar-refractivity contribution >= 4 is 41.8 Å². The number of anilines is 2. The number of methoxy groups -OCH3 is 2. The molecule has 186 valence electrons. The maximum Gasteiger partial charge on any atom is 0.283 e. The van der Waals surface area contributed by atoms with Crippen molar-refractivity contribution in [1.82, 2.24) is 19.1 Å². The molecule has 2 aromatic heterocycles. The summed E-state index contributed by atoms with van der Waals surface area (Å²) in [5.74, 6) is 1.59. The highest BCUT2D eigenvalue weighted by atomic mass is 32.1. The maximum atomic E-state index is 11.4. The second kappa shape index (κ2) is 11.2. The minimum Gasteiger partial charge on any atom is -0.497 e. The van der Waals surface area contributed by atoms with Gasteiger partial charge in [0.1, 0.15) is 23.1 Å². The van der Waals surface area contributed by atoms with E-state index in [4.69, 9.17) is 45.4 Å². The highest BCUT2D eigenvalue weighted by molar-refractivity contribution is 7.71. The van der Waals surface area contributed by atoms with Crippen LogP contribution in [0.5, 0.6) is 11.5 Å². The summed E-state index contributed by atoms with van der Waals surface area (Å²) in [4.78, 5) is 38.1. The van der Waals surface area contributed by atoms with Crippen molar-refractivity contribution in [2.24, 2.45) is 5.18 Å². The van der Waals surface area contributed by atoms with Crippen LogP contribution in [0.3, 0.4) is 0 Å². The SMILES string of the molecule is COc1ccc(-n2c(N)c(N=O)c(=O)[nH]c2=S)cc1.COc1ccc(-n2c(N)cc(=O)[nH]c2=S)cc1. The standard InChI is InChI=1S/C11H10N4O3S.C11H11N3O2S/c1-18-7-4-2-6(3-5-7)15-9(12)8(14-17)10(16)13-11(15)19;1-16-8-4-2-7(3-5-8)14-9(12)6-10(15)13-11(14)17/h2-5H,12H2,1H3,(H,13,16,19);2-6H,12H2,1H3,(H,13,15,17). The Hall–Kier alpha value is -4.56. The van der Waals surface area contributed by atoms with Crippen LogP contribution < -0.4 is 32.1 Å². The number of hydrogen-bond donors (Lipinski definition) is 4. The van der Waals surface area contributed by atoms with Crippen LogP contribution in [0.4, 0.5) is 17.3 Å². The lowest BCUT2D eigenvalue weighted by atomic mass is 10.3. The van der Waals surface area contributed by atoms with Gasteiger partial charge in [-0.3, -0.25) is 28.7 Å². The predicted octanol–water partition coefficient (Wildman–Crippen LogP) is 3.37. The van der Waals surface area contributed by atoms with Crippen molar-refractivity contribution < 1.29 is 9.47 Å². The zero-order valence-corrected chi connectivity index (χ0v) is 20.7. The van der Waals surface area contributed by atoms with Crippen LogP contribution in [0.25, 0.3) is 11.4 Å². The molecule has 4 aromatic rings. The summed E-state index contributed by atoms with van der Waals surface area (Å²) in [5, 5.41) is 2.62. The molecule has 36 heavy (non-hydrogen) atoms. The molecule has 0 fully saturated rings. The van der Waals surface area contributed by atoms with Gasteiger partial charge in [-0.15, -0.1) is 4.91 Å². The van der Waals surface area contributed by atoms with E-state index in [1.165, 1.54) is 10.6 Å². The molecule has 0 radical (unpaired) electrons. The largest absolute Gasteiger partial charge is 0.497 e. The van der Waals surface area contributed by atoms with Crippen LogP contribution in [0.15, 0.2) is 69.4 Å². The number of rotatable bonds is 5. The van der Waals surface area contributed by atoms with Crippen LogP contribution in [0, 0.1) is 14.4 Å². The normalized spacial score (nSPS) is 10.2. The van der Waals surface area contributed by atoms with Gasteiger partial charge in [0.15, 0.2) is 9.54 Å². The van der Waals surface area contributed by atoms with Gasteiger partial charge in [0.2, 0.25) is 5.69 Å². The summed E-state index contributed by atoms with van der Waals surface area (Å²) in [5.41, 5.74) is 11.5. The monoisotopic (exact) mass is 527 g/mol. The van der Waals surface area contributed by atoms with Crippen molar-refractivity contribution in [2.75, 3.05) is 25.7 Å². The fourth-order valence-corrected chi connectivity index (χ4v) is 3.74. The van der Waals surface area contributed by atoms with E-state index in [9.17, 15) is 14.5 Å². The molecule has 0 aliphatic carbocycles. The number of nitrogens with one attached hydrogen (secondary N) is 2. The van der Waals surface area contributed by atoms with Crippen molar-refractivity contribution in [3.05, 3.63) is 89.8 Å².